The Bertz CT molecular complexity index is 676. The standard InChI is InChI=1S/C15H19NO4/c1-4-5-8-20-14-13(19-3)11-7-6-10(17)9-12(11)16(2)15(14)18/h6-7,9,17H,4-5,8H2,1-3H3. The first-order valence-electron chi connectivity index (χ1n) is 6.62. The monoisotopic (exact) mass is 277 g/mol. The molecule has 1 aromatic carbocycles. The number of fused-ring (bicyclic) bond motifs is 1. The highest BCUT2D eigenvalue weighted by Crippen LogP contribution is 2.33. The molecule has 108 valence electrons. The fraction of sp³-hybridized carbons (Fsp3) is 0.400. The Kier molecular flexibility index (Phi) is 4.17. The minimum absolute atomic E-state index is 0.106. The van der Waals surface area contributed by atoms with E-state index >= 15 is 0 Å². The number of ether oxygens (including phenoxy) is 2. The number of aromatic nitrogens is 1. The molecule has 0 fully saturated rings. The molecule has 2 aromatic rings. The molecule has 0 aliphatic carbocycles. The highest BCUT2D eigenvalue weighted by Gasteiger charge is 2.17. The van der Waals surface area contributed by atoms with E-state index in [9.17, 15) is 9.90 Å². The minimum Gasteiger partial charge on any atom is -0.508 e. The molecule has 0 saturated carbocycles. The van der Waals surface area contributed by atoms with Crippen LogP contribution >= 0.6 is 0 Å². The van der Waals surface area contributed by atoms with Crippen LogP contribution in [-0.4, -0.2) is 23.4 Å². The summed E-state index contributed by atoms with van der Waals surface area (Å²) < 4.78 is 12.4. The van der Waals surface area contributed by atoms with Crippen LogP contribution in [-0.2, 0) is 7.05 Å². The normalized spacial score (nSPS) is 10.8. The minimum atomic E-state index is -0.268. The van der Waals surface area contributed by atoms with Crippen molar-refractivity contribution in [2.45, 2.75) is 19.8 Å². The molecule has 1 N–H and O–H groups in total. The van der Waals surface area contributed by atoms with Crippen molar-refractivity contribution < 1.29 is 14.6 Å². The first kappa shape index (κ1) is 14.2. The van der Waals surface area contributed by atoms with Crippen LogP contribution in [0.5, 0.6) is 17.2 Å². The van der Waals surface area contributed by atoms with Gasteiger partial charge < -0.3 is 19.1 Å². The summed E-state index contributed by atoms with van der Waals surface area (Å²) in [5.74, 6) is 0.745. The van der Waals surface area contributed by atoms with E-state index < -0.39 is 0 Å². The topological polar surface area (TPSA) is 60.7 Å². The van der Waals surface area contributed by atoms with Crippen LogP contribution < -0.4 is 15.0 Å². The van der Waals surface area contributed by atoms with E-state index in [1.807, 2.05) is 0 Å². The summed E-state index contributed by atoms with van der Waals surface area (Å²) >= 11 is 0. The lowest BCUT2D eigenvalue weighted by atomic mass is 10.1. The van der Waals surface area contributed by atoms with Crippen LogP contribution in [0.4, 0.5) is 0 Å². The molecule has 5 nitrogen and oxygen atoms in total. The van der Waals surface area contributed by atoms with Gasteiger partial charge in [-0.05, 0) is 18.6 Å². The number of hydrogen-bond acceptors (Lipinski definition) is 4. The molecule has 0 unspecified atom stereocenters. The van der Waals surface area contributed by atoms with Crippen LogP contribution in [0.3, 0.4) is 0 Å². The first-order chi connectivity index (χ1) is 9.60. The maximum absolute atomic E-state index is 12.3. The molecule has 1 aromatic heterocycles. The molecule has 0 radical (unpaired) electrons. The van der Waals surface area contributed by atoms with Gasteiger partial charge in [-0.1, -0.05) is 13.3 Å². The molecular formula is C15H19NO4. The second kappa shape index (κ2) is 5.86. The van der Waals surface area contributed by atoms with Crippen LogP contribution in [0.1, 0.15) is 19.8 Å². The van der Waals surface area contributed by atoms with E-state index in [4.69, 9.17) is 9.47 Å². The lowest BCUT2D eigenvalue weighted by molar-refractivity contribution is 0.284. The lowest BCUT2D eigenvalue weighted by Crippen LogP contribution is -2.21. The number of phenolic OH excluding ortho intramolecular Hbond substituents is 1. The molecule has 0 saturated heterocycles. The summed E-state index contributed by atoms with van der Waals surface area (Å²) in [6.07, 6.45) is 1.87. The molecule has 0 bridgehead atoms. The van der Waals surface area contributed by atoms with E-state index in [1.165, 1.54) is 17.7 Å². The summed E-state index contributed by atoms with van der Waals surface area (Å²) in [5, 5.41) is 10.3. The number of phenols is 1. The summed E-state index contributed by atoms with van der Waals surface area (Å²) in [4.78, 5) is 12.3. The van der Waals surface area contributed by atoms with Gasteiger partial charge in [0.2, 0.25) is 5.75 Å². The molecule has 2 rings (SSSR count). The van der Waals surface area contributed by atoms with Crippen molar-refractivity contribution in [2.24, 2.45) is 7.05 Å². The number of benzene rings is 1. The molecule has 0 atom stereocenters. The molecule has 0 amide bonds. The van der Waals surface area contributed by atoms with Gasteiger partial charge in [-0.15, -0.1) is 0 Å². The van der Waals surface area contributed by atoms with Gasteiger partial charge in [0, 0.05) is 18.5 Å². The van der Waals surface area contributed by atoms with E-state index in [-0.39, 0.29) is 17.1 Å². The zero-order valence-electron chi connectivity index (χ0n) is 12.0. The highest BCUT2D eigenvalue weighted by molar-refractivity contribution is 5.88. The predicted octanol–water partition coefficient (Wildman–Crippen LogP) is 2.43. The van der Waals surface area contributed by atoms with Gasteiger partial charge in [0.1, 0.15) is 5.75 Å². The molecule has 20 heavy (non-hydrogen) atoms. The Morgan fingerprint density at radius 2 is 2.05 bits per heavy atom. The fourth-order valence-corrected chi connectivity index (χ4v) is 2.12. The van der Waals surface area contributed by atoms with Gasteiger partial charge >= 0.3 is 0 Å². The Balaban J connectivity index is 2.65. The lowest BCUT2D eigenvalue weighted by Gasteiger charge is -2.15. The first-order valence-corrected chi connectivity index (χ1v) is 6.62. The van der Waals surface area contributed by atoms with Gasteiger partial charge in [0.15, 0.2) is 5.75 Å². The van der Waals surface area contributed by atoms with Crippen molar-refractivity contribution in [2.75, 3.05) is 13.7 Å². The Morgan fingerprint density at radius 1 is 1.30 bits per heavy atom. The summed E-state index contributed by atoms with van der Waals surface area (Å²) in [5.41, 5.74) is 0.339. The van der Waals surface area contributed by atoms with Gasteiger partial charge in [-0.2, -0.15) is 0 Å². The molecule has 0 aliphatic rings. The molecule has 0 spiro atoms. The number of pyridine rings is 1. The molecule has 5 heteroatoms. The van der Waals surface area contributed by atoms with Crippen molar-refractivity contribution >= 4 is 10.9 Å². The zero-order chi connectivity index (χ0) is 14.7. The van der Waals surface area contributed by atoms with Gasteiger partial charge in [0.05, 0.1) is 19.2 Å². The van der Waals surface area contributed by atoms with Gasteiger partial charge in [-0.3, -0.25) is 4.79 Å². The average molecular weight is 277 g/mol. The molecular weight excluding hydrogens is 258 g/mol. The molecule has 0 aliphatic heterocycles. The summed E-state index contributed by atoms with van der Waals surface area (Å²) in [6.45, 7) is 2.54. The number of hydrogen-bond donors (Lipinski definition) is 1. The van der Waals surface area contributed by atoms with E-state index in [2.05, 4.69) is 6.92 Å². The van der Waals surface area contributed by atoms with Gasteiger partial charge in [0.25, 0.3) is 5.56 Å². The van der Waals surface area contributed by atoms with Crippen molar-refractivity contribution in [3.05, 3.63) is 28.6 Å². The van der Waals surface area contributed by atoms with Crippen LogP contribution in [0, 0.1) is 0 Å². The Labute approximate surface area is 117 Å². The van der Waals surface area contributed by atoms with E-state index in [1.54, 1.807) is 19.2 Å². The second-order valence-electron chi connectivity index (χ2n) is 4.63. The third kappa shape index (κ3) is 2.43. The molecule has 1 heterocycles. The van der Waals surface area contributed by atoms with Gasteiger partial charge in [-0.25, -0.2) is 0 Å². The van der Waals surface area contributed by atoms with Crippen molar-refractivity contribution in [1.29, 1.82) is 0 Å². The van der Waals surface area contributed by atoms with Crippen LogP contribution in [0.15, 0.2) is 23.0 Å². The number of aryl methyl sites for hydroxylation is 1. The predicted molar refractivity (Wildman–Crippen MR) is 77.8 cm³/mol. The summed E-state index contributed by atoms with van der Waals surface area (Å²) in [7, 11) is 3.16. The quantitative estimate of drug-likeness (QED) is 0.853. The van der Waals surface area contributed by atoms with E-state index in [0.717, 1.165) is 18.2 Å². The Morgan fingerprint density at radius 3 is 2.70 bits per heavy atom. The Hall–Kier alpha value is -2.17. The maximum Gasteiger partial charge on any atom is 0.297 e. The number of aromatic hydroxyl groups is 1. The van der Waals surface area contributed by atoms with Crippen molar-refractivity contribution in [3.63, 3.8) is 0 Å². The van der Waals surface area contributed by atoms with Crippen LogP contribution in [0.25, 0.3) is 10.9 Å². The van der Waals surface area contributed by atoms with Crippen molar-refractivity contribution in [3.8, 4) is 17.2 Å². The maximum atomic E-state index is 12.3. The SMILES string of the molecule is CCCCOc1c(OC)c2ccc(O)cc2n(C)c1=O. The summed E-state index contributed by atoms with van der Waals surface area (Å²) in [6, 6.07) is 4.82. The number of rotatable bonds is 5. The largest absolute Gasteiger partial charge is 0.508 e. The fourth-order valence-electron chi connectivity index (χ4n) is 2.12. The zero-order valence-corrected chi connectivity index (χ0v) is 12.0. The smallest absolute Gasteiger partial charge is 0.297 e. The third-order valence-corrected chi connectivity index (χ3v) is 3.24. The number of methoxy groups -OCH3 is 1. The average Bonchev–Trinajstić information content (AvgIpc) is 2.45. The third-order valence-electron chi connectivity index (χ3n) is 3.24. The number of unbranched alkanes of at least 4 members (excludes halogenated alkanes) is 1. The van der Waals surface area contributed by atoms with E-state index in [0.29, 0.717) is 17.9 Å². The van der Waals surface area contributed by atoms with Crippen LogP contribution in [0.2, 0.25) is 0 Å². The van der Waals surface area contributed by atoms with Crippen molar-refractivity contribution in [1.82, 2.24) is 4.57 Å². The second-order valence-corrected chi connectivity index (χ2v) is 4.63. The number of nitrogens with zero attached hydrogens (tertiary/aromatic N) is 1. The highest BCUT2D eigenvalue weighted by atomic mass is 16.5.